The zero-order valence-electron chi connectivity index (χ0n) is 10.5. The molecule has 0 aliphatic carbocycles. The van der Waals surface area contributed by atoms with Gasteiger partial charge in [-0.2, -0.15) is 0 Å². The van der Waals surface area contributed by atoms with Crippen molar-refractivity contribution in [3.8, 4) is 11.5 Å². The first-order valence-corrected chi connectivity index (χ1v) is 5.71. The van der Waals surface area contributed by atoms with Crippen LogP contribution in [-0.2, 0) is 4.79 Å². The predicted octanol–water partition coefficient (Wildman–Crippen LogP) is 2.24. The molecule has 1 aromatic carbocycles. The predicted molar refractivity (Wildman–Crippen MR) is 66.6 cm³/mol. The van der Waals surface area contributed by atoms with Crippen molar-refractivity contribution in [1.82, 2.24) is 0 Å². The molecule has 0 spiro atoms. The van der Waals surface area contributed by atoms with Gasteiger partial charge in [0.1, 0.15) is 0 Å². The lowest BCUT2D eigenvalue weighted by Crippen LogP contribution is -2.02. The highest BCUT2D eigenvalue weighted by molar-refractivity contribution is 5.66. The van der Waals surface area contributed by atoms with Gasteiger partial charge >= 0.3 is 5.97 Å². The van der Waals surface area contributed by atoms with Crippen LogP contribution in [0.2, 0.25) is 0 Å². The van der Waals surface area contributed by atoms with Gasteiger partial charge in [-0.25, -0.2) is 0 Å². The van der Waals surface area contributed by atoms with E-state index in [0.29, 0.717) is 18.6 Å². The number of nitro benzene ring substituents is 1. The number of carboxylic acid groups (broad SMARTS) is 1. The van der Waals surface area contributed by atoms with E-state index >= 15 is 0 Å². The third-order valence-corrected chi connectivity index (χ3v) is 2.40. The minimum Gasteiger partial charge on any atom is -0.493 e. The molecule has 0 heterocycles. The van der Waals surface area contributed by atoms with Gasteiger partial charge in [0.05, 0.1) is 24.7 Å². The topological polar surface area (TPSA) is 98.9 Å². The molecule has 0 aliphatic rings. The van der Waals surface area contributed by atoms with Gasteiger partial charge < -0.3 is 14.6 Å². The van der Waals surface area contributed by atoms with Gasteiger partial charge in [-0.05, 0) is 18.9 Å². The Morgan fingerprint density at radius 3 is 2.68 bits per heavy atom. The molecule has 0 saturated carbocycles. The number of unbranched alkanes of at least 4 members (excludes halogenated alkanes) is 1. The quantitative estimate of drug-likeness (QED) is 0.441. The van der Waals surface area contributed by atoms with Crippen LogP contribution >= 0.6 is 0 Å². The smallest absolute Gasteiger partial charge is 0.303 e. The number of methoxy groups -OCH3 is 1. The van der Waals surface area contributed by atoms with E-state index < -0.39 is 10.9 Å². The molecule has 1 N–H and O–H groups in total. The summed E-state index contributed by atoms with van der Waals surface area (Å²) >= 11 is 0. The number of carbonyl (C=O) groups is 1. The minimum atomic E-state index is -0.854. The zero-order valence-corrected chi connectivity index (χ0v) is 10.5. The van der Waals surface area contributed by atoms with Crippen LogP contribution in [0, 0.1) is 10.1 Å². The lowest BCUT2D eigenvalue weighted by atomic mass is 10.2. The minimum absolute atomic E-state index is 0.0788. The van der Waals surface area contributed by atoms with E-state index in [1.54, 1.807) is 0 Å². The molecule has 7 nitrogen and oxygen atoms in total. The summed E-state index contributed by atoms with van der Waals surface area (Å²) in [4.78, 5) is 20.4. The summed E-state index contributed by atoms with van der Waals surface area (Å²) < 4.78 is 10.4. The fourth-order valence-corrected chi connectivity index (χ4v) is 1.45. The van der Waals surface area contributed by atoms with Crippen LogP contribution in [0.15, 0.2) is 18.2 Å². The van der Waals surface area contributed by atoms with Crippen LogP contribution in [0.4, 0.5) is 5.69 Å². The number of aliphatic carboxylic acids is 1. The van der Waals surface area contributed by atoms with E-state index in [1.807, 2.05) is 0 Å². The molecule has 0 fully saturated rings. The summed E-state index contributed by atoms with van der Waals surface area (Å²) in [5.41, 5.74) is -0.0821. The lowest BCUT2D eigenvalue weighted by molar-refractivity contribution is -0.385. The largest absolute Gasteiger partial charge is 0.493 e. The molecule has 0 unspecified atom stereocenters. The third-order valence-electron chi connectivity index (χ3n) is 2.40. The highest BCUT2D eigenvalue weighted by Gasteiger charge is 2.12. The number of rotatable bonds is 8. The molecule has 19 heavy (non-hydrogen) atoms. The normalized spacial score (nSPS) is 9.95. The van der Waals surface area contributed by atoms with E-state index in [1.165, 1.54) is 25.3 Å². The Kier molecular flexibility index (Phi) is 5.59. The van der Waals surface area contributed by atoms with E-state index in [2.05, 4.69) is 0 Å². The number of non-ortho nitro benzene ring substituents is 1. The molecule has 104 valence electrons. The van der Waals surface area contributed by atoms with E-state index in [-0.39, 0.29) is 24.5 Å². The van der Waals surface area contributed by atoms with E-state index in [4.69, 9.17) is 14.6 Å². The van der Waals surface area contributed by atoms with Gasteiger partial charge in [0.2, 0.25) is 0 Å². The summed E-state index contributed by atoms with van der Waals surface area (Å²) in [6.07, 6.45) is 1.13. The highest BCUT2D eigenvalue weighted by Crippen LogP contribution is 2.31. The standard InChI is InChI=1S/C12H15NO6/c1-18-10-6-5-9(13(16)17)8-11(10)19-7-3-2-4-12(14)15/h5-6,8H,2-4,7H2,1H3,(H,14,15). The summed E-state index contributed by atoms with van der Waals surface area (Å²) in [6.45, 7) is 0.283. The summed E-state index contributed by atoms with van der Waals surface area (Å²) in [7, 11) is 1.44. The van der Waals surface area contributed by atoms with Crippen LogP contribution in [0.25, 0.3) is 0 Å². The number of hydrogen-bond donors (Lipinski definition) is 1. The Morgan fingerprint density at radius 1 is 1.37 bits per heavy atom. The van der Waals surface area contributed by atoms with Crippen LogP contribution in [0.5, 0.6) is 11.5 Å². The van der Waals surface area contributed by atoms with Crippen molar-refractivity contribution in [2.45, 2.75) is 19.3 Å². The van der Waals surface area contributed by atoms with Gasteiger partial charge in [0.25, 0.3) is 5.69 Å². The average Bonchev–Trinajstić information content (AvgIpc) is 2.37. The molecule has 7 heteroatoms. The zero-order chi connectivity index (χ0) is 14.3. The second kappa shape index (κ2) is 7.20. The maximum Gasteiger partial charge on any atom is 0.303 e. The number of nitrogens with zero attached hydrogens (tertiary/aromatic N) is 1. The first kappa shape index (κ1) is 14.7. The molecule has 0 amide bonds. The SMILES string of the molecule is COc1ccc([N+](=O)[O-])cc1OCCCCC(=O)O. The summed E-state index contributed by atoms with van der Waals surface area (Å²) in [5, 5.41) is 19.1. The lowest BCUT2D eigenvalue weighted by Gasteiger charge is -2.09. The number of benzene rings is 1. The number of carboxylic acids is 1. The monoisotopic (exact) mass is 269 g/mol. The molecule has 0 bridgehead atoms. The maximum atomic E-state index is 10.6. The molecule has 0 atom stereocenters. The fraction of sp³-hybridized carbons (Fsp3) is 0.417. The molecule has 0 radical (unpaired) electrons. The summed E-state index contributed by atoms with van der Waals surface area (Å²) in [5.74, 6) is -0.163. The Labute approximate surface area is 109 Å². The van der Waals surface area contributed by atoms with Gasteiger partial charge in [-0.1, -0.05) is 0 Å². The molecule has 1 aromatic rings. The van der Waals surface area contributed by atoms with Crippen LogP contribution in [0.1, 0.15) is 19.3 Å². The van der Waals surface area contributed by atoms with Crippen molar-refractivity contribution in [3.05, 3.63) is 28.3 Å². The molecular weight excluding hydrogens is 254 g/mol. The van der Waals surface area contributed by atoms with E-state index in [9.17, 15) is 14.9 Å². The first-order valence-electron chi connectivity index (χ1n) is 5.71. The highest BCUT2D eigenvalue weighted by atomic mass is 16.6. The van der Waals surface area contributed by atoms with Crippen molar-refractivity contribution in [2.24, 2.45) is 0 Å². The molecule has 0 aromatic heterocycles. The van der Waals surface area contributed by atoms with Crippen LogP contribution < -0.4 is 9.47 Å². The average molecular weight is 269 g/mol. The van der Waals surface area contributed by atoms with Crippen molar-refractivity contribution in [3.63, 3.8) is 0 Å². The Bertz CT molecular complexity index is 460. The van der Waals surface area contributed by atoms with Gasteiger partial charge in [-0.15, -0.1) is 0 Å². The Morgan fingerprint density at radius 2 is 2.11 bits per heavy atom. The molecule has 1 rings (SSSR count). The van der Waals surface area contributed by atoms with E-state index in [0.717, 1.165) is 0 Å². The number of nitro groups is 1. The van der Waals surface area contributed by atoms with Crippen molar-refractivity contribution in [1.29, 1.82) is 0 Å². The second-order valence-corrected chi connectivity index (χ2v) is 3.79. The molecular formula is C12H15NO6. The van der Waals surface area contributed by atoms with Gasteiger partial charge in [0.15, 0.2) is 11.5 Å². The maximum absolute atomic E-state index is 10.6. The first-order chi connectivity index (χ1) is 9.04. The number of hydrogen-bond acceptors (Lipinski definition) is 5. The second-order valence-electron chi connectivity index (χ2n) is 3.79. The fourth-order valence-electron chi connectivity index (χ4n) is 1.45. The van der Waals surface area contributed by atoms with Gasteiger partial charge in [-0.3, -0.25) is 14.9 Å². The molecule has 0 saturated heterocycles. The Balaban J connectivity index is 2.57. The summed E-state index contributed by atoms with van der Waals surface area (Å²) in [6, 6.07) is 4.08. The Hall–Kier alpha value is -2.31. The van der Waals surface area contributed by atoms with Crippen LogP contribution in [-0.4, -0.2) is 29.7 Å². The van der Waals surface area contributed by atoms with Crippen LogP contribution in [0.3, 0.4) is 0 Å². The third kappa shape index (κ3) is 4.82. The van der Waals surface area contributed by atoms with Crippen molar-refractivity contribution in [2.75, 3.05) is 13.7 Å². The van der Waals surface area contributed by atoms with Crippen molar-refractivity contribution < 1.29 is 24.3 Å². The number of ether oxygens (including phenoxy) is 2. The van der Waals surface area contributed by atoms with Crippen molar-refractivity contribution >= 4 is 11.7 Å². The van der Waals surface area contributed by atoms with Gasteiger partial charge in [0, 0.05) is 12.5 Å². The molecule has 0 aliphatic heterocycles.